The van der Waals surface area contributed by atoms with Crippen LogP contribution in [0.5, 0.6) is 0 Å². The third-order valence-electron chi connectivity index (χ3n) is 3.07. The molecule has 0 unspecified atom stereocenters. The zero-order chi connectivity index (χ0) is 16.4. The summed E-state index contributed by atoms with van der Waals surface area (Å²) in [5.41, 5.74) is 11.4. The van der Waals surface area contributed by atoms with E-state index in [1.807, 2.05) is 0 Å². The number of alkyl halides is 1. The molecule has 0 aliphatic carbocycles. The Hall–Kier alpha value is -2.81. The summed E-state index contributed by atoms with van der Waals surface area (Å²) < 4.78 is 6.85. The van der Waals surface area contributed by atoms with Crippen LogP contribution in [-0.2, 0) is 6.54 Å². The quantitative estimate of drug-likeness (QED) is 0.474. The number of aromatic nitrogens is 4. The third-order valence-corrected chi connectivity index (χ3v) is 3.24. The molecule has 0 radical (unpaired) electrons. The molecule has 23 heavy (non-hydrogen) atoms. The van der Waals surface area contributed by atoms with Gasteiger partial charge < -0.3 is 10.2 Å². The summed E-state index contributed by atoms with van der Waals surface area (Å²) in [4.78, 5) is 20.2. The molecule has 0 atom stereocenters. The van der Waals surface area contributed by atoms with E-state index in [4.69, 9.17) is 21.8 Å². The van der Waals surface area contributed by atoms with Crippen molar-refractivity contribution in [2.75, 3.05) is 17.0 Å². The van der Waals surface area contributed by atoms with Crippen LogP contribution >= 0.6 is 11.6 Å². The molecule has 4 N–H and O–H groups in total. The fourth-order valence-corrected chi connectivity index (χ4v) is 2.21. The summed E-state index contributed by atoms with van der Waals surface area (Å²) in [6, 6.07) is 3.28. The number of fused-ring (bicyclic) bond motifs is 1. The highest BCUT2D eigenvalue weighted by Gasteiger charge is 2.14. The fourth-order valence-electron chi connectivity index (χ4n) is 2.05. The van der Waals surface area contributed by atoms with E-state index in [1.54, 1.807) is 29.9 Å². The fraction of sp³-hybridized carbons (Fsp3) is 0.231. The molecule has 10 heteroatoms. The van der Waals surface area contributed by atoms with Gasteiger partial charge in [0.25, 0.3) is 0 Å². The number of furan rings is 1. The summed E-state index contributed by atoms with van der Waals surface area (Å²) in [5.74, 6) is 1.18. The first kappa shape index (κ1) is 15.1. The van der Waals surface area contributed by atoms with Crippen LogP contribution in [0, 0.1) is 6.92 Å². The average Bonchev–Trinajstić information content (AvgIpc) is 3.12. The number of carbonyl (C=O) groups is 1. The van der Waals surface area contributed by atoms with Crippen LogP contribution in [0.4, 0.5) is 11.8 Å². The van der Waals surface area contributed by atoms with Crippen molar-refractivity contribution in [2.45, 2.75) is 13.5 Å². The summed E-state index contributed by atoms with van der Waals surface area (Å²) in [5, 5.41) is 4.79. The Morgan fingerprint density at radius 2 is 2.26 bits per heavy atom. The lowest BCUT2D eigenvalue weighted by Crippen LogP contribution is -2.29. The van der Waals surface area contributed by atoms with E-state index in [0.717, 1.165) is 0 Å². The molecule has 0 aromatic carbocycles. The Labute approximate surface area is 135 Å². The number of nitrogens with two attached hydrogens (primary N) is 1. The minimum Gasteiger partial charge on any atom is -0.456 e. The van der Waals surface area contributed by atoms with Gasteiger partial charge in [-0.2, -0.15) is 15.1 Å². The highest BCUT2D eigenvalue weighted by molar-refractivity contribution is 6.17. The van der Waals surface area contributed by atoms with Gasteiger partial charge in [0, 0.05) is 5.88 Å². The largest absolute Gasteiger partial charge is 0.456 e. The molecule has 0 saturated heterocycles. The van der Waals surface area contributed by atoms with E-state index in [9.17, 15) is 4.79 Å². The monoisotopic (exact) mass is 335 g/mol. The molecule has 3 rings (SSSR count). The van der Waals surface area contributed by atoms with E-state index in [2.05, 4.69) is 25.9 Å². The van der Waals surface area contributed by atoms with E-state index >= 15 is 0 Å². The molecule has 0 saturated carbocycles. The van der Waals surface area contributed by atoms with Crippen LogP contribution in [0.15, 0.2) is 22.7 Å². The van der Waals surface area contributed by atoms with Gasteiger partial charge in [0.05, 0.1) is 18.1 Å². The van der Waals surface area contributed by atoms with Crippen molar-refractivity contribution in [2.24, 2.45) is 0 Å². The molecule has 3 aromatic rings. The summed E-state index contributed by atoms with van der Waals surface area (Å²) >= 11 is 5.73. The van der Waals surface area contributed by atoms with Crippen LogP contribution in [0.25, 0.3) is 11.0 Å². The number of rotatable bonds is 5. The van der Waals surface area contributed by atoms with Gasteiger partial charge in [0.2, 0.25) is 5.95 Å². The molecule has 1 amide bonds. The first-order chi connectivity index (χ1) is 11.1. The topological polar surface area (TPSA) is 124 Å². The van der Waals surface area contributed by atoms with Crippen LogP contribution in [0.2, 0.25) is 0 Å². The summed E-state index contributed by atoms with van der Waals surface area (Å²) in [6.07, 6.45) is 1.58. The van der Waals surface area contributed by atoms with Gasteiger partial charge in [-0.15, -0.1) is 11.6 Å². The SMILES string of the molecule is Cc1ccc(C(=O)NNc2nc(N)nc3c2cnn3CCCl)o1. The van der Waals surface area contributed by atoms with Gasteiger partial charge >= 0.3 is 5.91 Å². The Bertz CT molecular complexity index is 857. The number of nitrogens with zero attached hydrogens (tertiary/aromatic N) is 4. The summed E-state index contributed by atoms with van der Waals surface area (Å²) in [6.45, 7) is 2.24. The molecule has 0 spiro atoms. The Kier molecular flexibility index (Phi) is 4.02. The maximum atomic E-state index is 12.0. The lowest BCUT2D eigenvalue weighted by molar-refractivity contribution is 0.0934. The van der Waals surface area contributed by atoms with Crippen molar-refractivity contribution in [1.29, 1.82) is 0 Å². The number of amides is 1. The van der Waals surface area contributed by atoms with Gasteiger partial charge in [-0.3, -0.25) is 15.6 Å². The summed E-state index contributed by atoms with van der Waals surface area (Å²) in [7, 11) is 0. The highest BCUT2D eigenvalue weighted by Crippen LogP contribution is 2.20. The predicted molar refractivity (Wildman–Crippen MR) is 85.0 cm³/mol. The van der Waals surface area contributed by atoms with Crippen molar-refractivity contribution in [1.82, 2.24) is 25.2 Å². The maximum absolute atomic E-state index is 12.0. The first-order valence-electron chi connectivity index (χ1n) is 6.76. The third kappa shape index (κ3) is 3.04. The number of carbonyl (C=O) groups excluding carboxylic acids is 1. The van der Waals surface area contributed by atoms with E-state index in [0.29, 0.717) is 35.0 Å². The lowest BCUT2D eigenvalue weighted by Gasteiger charge is -2.08. The average molecular weight is 336 g/mol. The van der Waals surface area contributed by atoms with E-state index < -0.39 is 5.91 Å². The number of anilines is 2. The van der Waals surface area contributed by atoms with Gasteiger partial charge in [0.1, 0.15) is 5.76 Å². The molecule has 3 aromatic heterocycles. The van der Waals surface area contributed by atoms with Gasteiger partial charge in [0.15, 0.2) is 17.2 Å². The number of halogens is 1. The molecule has 0 aliphatic heterocycles. The zero-order valence-electron chi connectivity index (χ0n) is 12.2. The number of hydrazine groups is 1. The Morgan fingerprint density at radius 1 is 1.43 bits per heavy atom. The normalized spacial score (nSPS) is 10.9. The number of hydrogen-bond acceptors (Lipinski definition) is 7. The molecule has 120 valence electrons. The Morgan fingerprint density at radius 3 is 2.96 bits per heavy atom. The second-order valence-corrected chi connectivity index (χ2v) is 5.09. The number of aryl methyl sites for hydroxylation is 2. The molecule has 9 nitrogen and oxygen atoms in total. The van der Waals surface area contributed by atoms with Crippen LogP contribution < -0.4 is 16.6 Å². The lowest BCUT2D eigenvalue weighted by atomic mass is 10.4. The molecule has 3 heterocycles. The smallest absolute Gasteiger partial charge is 0.305 e. The van der Waals surface area contributed by atoms with Crippen molar-refractivity contribution >= 4 is 40.3 Å². The number of hydrogen-bond donors (Lipinski definition) is 3. The van der Waals surface area contributed by atoms with Crippen molar-refractivity contribution in [3.8, 4) is 0 Å². The number of nitrogens with one attached hydrogen (secondary N) is 2. The van der Waals surface area contributed by atoms with Crippen LogP contribution in [0.3, 0.4) is 0 Å². The first-order valence-corrected chi connectivity index (χ1v) is 7.29. The van der Waals surface area contributed by atoms with Gasteiger partial charge in [-0.05, 0) is 19.1 Å². The minimum atomic E-state index is -0.434. The van der Waals surface area contributed by atoms with Crippen molar-refractivity contribution in [3.63, 3.8) is 0 Å². The number of nitrogen functional groups attached to an aromatic ring is 1. The standard InChI is InChI=1S/C13H14ClN7O2/c1-7-2-3-9(23-7)12(22)20-19-10-8-6-16-21(5-4-14)11(8)18-13(15)17-10/h2-3,6H,4-5H2,1H3,(H,20,22)(H3,15,17,18,19). The minimum absolute atomic E-state index is 0.0550. The maximum Gasteiger partial charge on any atom is 0.305 e. The van der Waals surface area contributed by atoms with E-state index in [-0.39, 0.29) is 11.7 Å². The highest BCUT2D eigenvalue weighted by atomic mass is 35.5. The molecule has 0 fully saturated rings. The van der Waals surface area contributed by atoms with Crippen LogP contribution in [0.1, 0.15) is 16.3 Å². The predicted octanol–water partition coefficient (Wildman–Crippen LogP) is 1.31. The van der Waals surface area contributed by atoms with Crippen molar-refractivity contribution < 1.29 is 9.21 Å². The van der Waals surface area contributed by atoms with Gasteiger partial charge in [-0.1, -0.05) is 0 Å². The zero-order valence-corrected chi connectivity index (χ0v) is 13.0. The molecular formula is C13H14ClN7O2. The molecular weight excluding hydrogens is 322 g/mol. The van der Waals surface area contributed by atoms with Gasteiger partial charge in [-0.25, -0.2) is 4.68 Å². The second kappa shape index (κ2) is 6.13. The second-order valence-electron chi connectivity index (χ2n) is 4.71. The van der Waals surface area contributed by atoms with Crippen LogP contribution in [-0.4, -0.2) is 31.5 Å². The molecule has 0 aliphatic rings. The van der Waals surface area contributed by atoms with Crippen molar-refractivity contribution in [3.05, 3.63) is 29.9 Å². The molecule has 0 bridgehead atoms. The Balaban J connectivity index is 1.83. The van der Waals surface area contributed by atoms with E-state index in [1.165, 1.54) is 0 Å².